The number of hydrogen-bond acceptors (Lipinski definition) is 12. The normalized spacial score (nSPS) is 16.1. The van der Waals surface area contributed by atoms with Crippen LogP contribution in [-0.2, 0) is 28.8 Å². The number of aliphatic carboxylic acids is 1. The molecule has 7 atom stereocenters. The minimum absolute atomic E-state index is 0.0178. The molecule has 0 aliphatic heterocycles. The molecule has 42 heavy (non-hydrogen) atoms. The van der Waals surface area contributed by atoms with E-state index in [-0.39, 0.29) is 17.9 Å². The van der Waals surface area contributed by atoms with Crippen molar-refractivity contribution in [1.29, 1.82) is 0 Å². The van der Waals surface area contributed by atoms with Crippen molar-refractivity contribution in [2.75, 3.05) is 24.7 Å². The zero-order valence-electron chi connectivity index (χ0n) is 23.9. The maximum absolute atomic E-state index is 13.1. The standard InChI is InChI=1S/C24H45N7O9S2/c1-11(2)17(30-20(35)15(8-32)28-19(34)13(26)9-41)22(37)31-18(12(3)33)23(38)29-16(10-42)21(36)27-14(24(39)40)6-4-5-7-25/h11-18,32-33,41-42H,4-10,25-26H2,1-3H3,(H,27,36)(H,28,34)(H,29,38)(H,30,35)(H,31,37)(H,39,40)/t12-,13+,14+,15+,16+,17+,18+/m1/s1. The SMILES string of the molecule is CC(C)[C@H](NC(=O)[C@H](CO)NC(=O)[C@@H](N)CS)C(=O)N[C@H](C(=O)N[C@@H](CS)C(=O)N[C@@H](CCCCN)C(=O)O)[C@@H](C)O. The molecule has 0 saturated carbocycles. The van der Waals surface area contributed by atoms with Gasteiger partial charge in [0, 0.05) is 11.5 Å². The Hall–Kier alpha value is -2.64. The van der Waals surface area contributed by atoms with Crippen LogP contribution in [0, 0.1) is 5.92 Å². The number of aliphatic hydroxyl groups excluding tert-OH is 2. The second kappa shape index (κ2) is 20.3. The Morgan fingerprint density at radius 1 is 0.714 bits per heavy atom. The summed E-state index contributed by atoms with van der Waals surface area (Å²) in [6.45, 7) is 3.93. The van der Waals surface area contributed by atoms with Crippen LogP contribution in [0.2, 0.25) is 0 Å². The lowest BCUT2D eigenvalue weighted by atomic mass is 10.0. The smallest absolute Gasteiger partial charge is 0.326 e. The van der Waals surface area contributed by atoms with Crippen molar-refractivity contribution in [2.45, 2.75) is 82.4 Å². The zero-order chi connectivity index (χ0) is 32.6. The largest absolute Gasteiger partial charge is 0.480 e. The first-order chi connectivity index (χ1) is 19.6. The van der Waals surface area contributed by atoms with Crippen LogP contribution < -0.4 is 38.1 Å². The van der Waals surface area contributed by atoms with Crippen LogP contribution in [0.5, 0.6) is 0 Å². The molecule has 18 heteroatoms. The molecule has 0 spiro atoms. The number of nitrogens with two attached hydrogens (primary N) is 2. The average Bonchev–Trinajstić information content (AvgIpc) is 2.93. The Balaban J connectivity index is 5.56. The van der Waals surface area contributed by atoms with E-state index in [0.717, 1.165) is 0 Å². The minimum atomic E-state index is -1.59. The van der Waals surface area contributed by atoms with Gasteiger partial charge in [0.2, 0.25) is 29.5 Å². The number of rotatable bonds is 20. The predicted octanol–water partition coefficient (Wildman–Crippen LogP) is -4.16. The van der Waals surface area contributed by atoms with E-state index in [1.165, 1.54) is 6.92 Å². The first kappa shape index (κ1) is 39.4. The van der Waals surface area contributed by atoms with Crippen molar-refractivity contribution in [3.63, 3.8) is 0 Å². The molecule has 0 fully saturated rings. The van der Waals surface area contributed by atoms with Crippen LogP contribution in [0.4, 0.5) is 0 Å². The van der Waals surface area contributed by atoms with Gasteiger partial charge in [-0.1, -0.05) is 13.8 Å². The topological polar surface area (TPSA) is 275 Å². The maximum Gasteiger partial charge on any atom is 0.326 e. The van der Waals surface area contributed by atoms with E-state index < -0.39 is 90.4 Å². The molecule has 0 rings (SSSR count). The van der Waals surface area contributed by atoms with E-state index >= 15 is 0 Å². The molecule has 0 unspecified atom stereocenters. The molecule has 242 valence electrons. The lowest BCUT2D eigenvalue weighted by Crippen LogP contribution is -2.62. The second-order valence-corrected chi connectivity index (χ2v) is 10.6. The van der Waals surface area contributed by atoms with Gasteiger partial charge in [0.15, 0.2) is 0 Å². The Bertz CT molecular complexity index is 927. The van der Waals surface area contributed by atoms with Crippen molar-refractivity contribution < 1.29 is 44.1 Å². The first-order valence-corrected chi connectivity index (χ1v) is 14.6. The Kier molecular flexibility index (Phi) is 19.0. The van der Waals surface area contributed by atoms with Crippen LogP contribution in [0.3, 0.4) is 0 Å². The highest BCUT2D eigenvalue weighted by Crippen LogP contribution is 2.06. The highest BCUT2D eigenvalue weighted by atomic mass is 32.1. The molecule has 0 aromatic carbocycles. The summed E-state index contributed by atoms with van der Waals surface area (Å²) in [5.74, 6) is -6.42. The fourth-order valence-corrected chi connectivity index (χ4v) is 3.89. The number of carboxylic acid groups (broad SMARTS) is 1. The minimum Gasteiger partial charge on any atom is -0.480 e. The molecule has 0 saturated heterocycles. The number of carbonyl (C=O) groups is 6. The van der Waals surface area contributed by atoms with E-state index in [4.69, 9.17) is 11.5 Å². The third-order valence-electron chi connectivity index (χ3n) is 6.04. The van der Waals surface area contributed by atoms with Crippen molar-refractivity contribution >= 4 is 60.8 Å². The summed E-state index contributed by atoms with van der Waals surface area (Å²) in [4.78, 5) is 75.0. The van der Waals surface area contributed by atoms with E-state index in [0.29, 0.717) is 19.4 Å². The lowest BCUT2D eigenvalue weighted by Gasteiger charge is -2.29. The molecule has 0 bridgehead atoms. The number of thiol groups is 2. The average molecular weight is 640 g/mol. The summed E-state index contributed by atoms with van der Waals surface area (Å²) in [7, 11) is 0. The van der Waals surface area contributed by atoms with Crippen LogP contribution in [0.25, 0.3) is 0 Å². The van der Waals surface area contributed by atoms with Gasteiger partial charge in [0.1, 0.15) is 30.2 Å². The van der Waals surface area contributed by atoms with Gasteiger partial charge in [0.05, 0.1) is 18.8 Å². The molecular weight excluding hydrogens is 594 g/mol. The molecule has 0 aromatic heterocycles. The monoisotopic (exact) mass is 639 g/mol. The summed E-state index contributed by atoms with van der Waals surface area (Å²) < 4.78 is 0. The Morgan fingerprint density at radius 3 is 1.67 bits per heavy atom. The van der Waals surface area contributed by atoms with Crippen molar-refractivity contribution in [3.05, 3.63) is 0 Å². The third-order valence-corrected chi connectivity index (χ3v) is 6.79. The zero-order valence-corrected chi connectivity index (χ0v) is 25.7. The number of carbonyl (C=O) groups excluding carboxylic acids is 5. The quantitative estimate of drug-likeness (QED) is 0.0449. The van der Waals surface area contributed by atoms with E-state index in [1.54, 1.807) is 13.8 Å². The predicted molar refractivity (Wildman–Crippen MR) is 159 cm³/mol. The molecule has 0 heterocycles. The van der Waals surface area contributed by atoms with Gasteiger partial charge in [-0.3, -0.25) is 24.0 Å². The van der Waals surface area contributed by atoms with Crippen LogP contribution in [0.15, 0.2) is 0 Å². The van der Waals surface area contributed by atoms with Crippen LogP contribution in [-0.4, -0.2) is 118 Å². The van der Waals surface area contributed by atoms with Gasteiger partial charge in [0.25, 0.3) is 0 Å². The molecule has 0 aromatic rings. The van der Waals surface area contributed by atoms with Crippen molar-refractivity contribution in [2.24, 2.45) is 17.4 Å². The van der Waals surface area contributed by atoms with Gasteiger partial charge in [-0.05, 0) is 38.6 Å². The number of carboxylic acids is 1. The van der Waals surface area contributed by atoms with Gasteiger partial charge >= 0.3 is 5.97 Å². The summed E-state index contributed by atoms with van der Waals surface area (Å²) in [5, 5.41) is 40.9. The number of amides is 5. The van der Waals surface area contributed by atoms with Gasteiger partial charge in [-0.15, -0.1) is 0 Å². The molecular formula is C24H45N7O9S2. The highest BCUT2D eigenvalue weighted by molar-refractivity contribution is 7.80. The van der Waals surface area contributed by atoms with Crippen molar-refractivity contribution in [1.82, 2.24) is 26.6 Å². The lowest BCUT2D eigenvalue weighted by molar-refractivity contribution is -0.142. The van der Waals surface area contributed by atoms with Crippen molar-refractivity contribution in [3.8, 4) is 0 Å². The van der Waals surface area contributed by atoms with Gasteiger partial charge in [-0.25, -0.2) is 4.79 Å². The molecule has 5 amide bonds. The first-order valence-electron chi connectivity index (χ1n) is 13.4. The second-order valence-electron chi connectivity index (χ2n) is 9.92. The van der Waals surface area contributed by atoms with Gasteiger partial charge in [-0.2, -0.15) is 25.3 Å². The van der Waals surface area contributed by atoms with E-state index in [2.05, 4.69) is 51.8 Å². The number of unbranched alkanes of at least 4 members (excludes halogenated alkanes) is 1. The third kappa shape index (κ3) is 13.6. The molecule has 0 radical (unpaired) electrons. The summed E-state index contributed by atoms with van der Waals surface area (Å²) in [6.07, 6.45) is -0.344. The molecule has 16 nitrogen and oxygen atoms in total. The molecule has 0 aliphatic carbocycles. The maximum atomic E-state index is 13.1. The Labute approximate surface area is 255 Å². The fraction of sp³-hybridized carbons (Fsp3) is 0.750. The number of aliphatic hydroxyl groups is 2. The fourth-order valence-electron chi connectivity index (χ4n) is 3.47. The van der Waals surface area contributed by atoms with E-state index in [1.807, 2.05) is 0 Å². The summed E-state index contributed by atoms with van der Waals surface area (Å²) in [5.41, 5.74) is 11.0. The molecule has 0 aliphatic rings. The number of hydrogen-bond donors (Lipinski definition) is 12. The highest BCUT2D eigenvalue weighted by Gasteiger charge is 2.35. The molecule has 12 N–H and O–H groups in total. The Morgan fingerprint density at radius 2 is 1.21 bits per heavy atom. The number of nitrogens with one attached hydrogen (secondary N) is 5. The summed E-state index contributed by atoms with van der Waals surface area (Å²) >= 11 is 7.95. The van der Waals surface area contributed by atoms with Crippen LogP contribution >= 0.6 is 25.3 Å². The van der Waals surface area contributed by atoms with E-state index in [9.17, 15) is 44.1 Å². The summed E-state index contributed by atoms with van der Waals surface area (Å²) in [6, 6.07) is -7.88. The van der Waals surface area contributed by atoms with Crippen LogP contribution in [0.1, 0.15) is 40.0 Å². The van der Waals surface area contributed by atoms with Gasteiger partial charge < -0.3 is 53.4 Å².